The van der Waals surface area contributed by atoms with Crippen molar-refractivity contribution in [1.82, 2.24) is 0 Å². The molecule has 0 aromatic heterocycles. The van der Waals surface area contributed by atoms with E-state index in [0.717, 1.165) is 11.1 Å². The van der Waals surface area contributed by atoms with Crippen molar-refractivity contribution < 1.29 is 4.79 Å². The normalized spacial score (nSPS) is 16.7. The van der Waals surface area contributed by atoms with E-state index in [1.165, 1.54) is 0 Å². The van der Waals surface area contributed by atoms with Gasteiger partial charge in [0.1, 0.15) is 0 Å². The third kappa shape index (κ3) is 2.92. The zero-order valence-corrected chi connectivity index (χ0v) is 15.8. The Morgan fingerprint density at radius 2 is 0.958 bits per heavy atom. The lowest BCUT2D eigenvalue weighted by Gasteiger charge is -2.43. The van der Waals surface area contributed by atoms with Gasteiger partial charge < -0.3 is 0 Å². The van der Waals surface area contributed by atoms with E-state index in [9.17, 15) is 4.79 Å². The molecule has 128 valence electrons. The maximum atomic E-state index is 14.0. The highest BCUT2D eigenvalue weighted by atomic mass is 16.1. The molecule has 2 aromatic rings. The van der Waals surface area contributed by atoms with Crippen LogP contribution in [0.4, 0.5) is 0 Å². The predicted octanol–water partition coefficient (Wildman–Crippen LogP) is 5.78. The molecule has 0 amide bonds. The van der Waals surface area contributed by atoms with E-state index in [-0.39, 0.29) is 11.8 Å². The first-order valence-corrected chi connectivity index (χ1v) is 8.91. The lowest BCUT2D eigenvalue weighted by Crippen LogP contribution is -2.51. The molecule has 0 radical (unpaired) electrons. The van der Waals surface area contributed by atoms with Gasteiger partial charge >= 0.3 is 0 Å². The Hall–Kier alpha value is -1.89. The number of benzene rings is 2. The van der Waals surface area contributed by atoms with Crippen LogP contribution in [0.25, 0.3) is 0 Å². The minimum absolute atomic E-state index is 0.217. The first kappa shape index (κ1) is 18.4. The molecule has 0 aliphatic carbocycles. The summed E-state index contributed by atoms with van der Waals surface area (Å²) in [5.41, 5.74) is 1.17. The summed E-state index contributed by atoms with van der Waals surface area (Å²) in [5.74, 6) is 0.737. The van der Waals surface area contributed by atoms with Crippen LogP contribution in [-0.4, -0.2) is 5.78 Å². The zero-order valence-electron chi connectivity index (χ0n) is 15.8. The van der Waals surface area contributed by atoms with Crippen molar-refractivity contribution in [3.8, 4) is 0 Å². The van der Waals surface area contributed by atoms with Crippen molar-refractivity contribution in [3.63, 3.8) is 0 Å². The highest BCUT2D eigenvalue weighted by Gasteiger charge is 2.49. The molecule has 2 atom stereocenters. The third-order valence-electron chi connectivity index (χ3n) is 6.00. The van der Waals surface area contributed by atoms with E-state index in [0.29, 0.717) is 5.78 Å². The molecule has 2 unspecified atom stereocenters. The van der Waals surface area contributed by atoms with Crippen LogP contribution in [-0.2, 0) is 15.6 Å². The van der Waals surface area contributed by atoms with E-state index in [4.69, 9.17) is 0 Å². The van der Waals surface area contributed by atoms with Gasteiger partial charge in [0.2, 0.25) is 0 Å². The molecule has 24 heavy (non-hydrogen) atoms. The fourth-order valence-corrected chi connectivity index (χ4v) is 3.56. The van der Waals surface area contributed by atoms with Gasteiger partial charge in [-0.3, -0.25) is 4.79 Å². The van der Waals surface area contributed by atoms with Gasteiger partial charge in [-0.2, -0.15) is 0 Å². The molecule has 0 heterocycles. The van der Waals surface area contributed by atoms with Crippen LogP contribution in [0.3, 0.4) is 0 Å². The summed E-state index contributed by atoms with van der Waals surface area (Å²) in [5, 5.41) is 0. The first-order chi connectivity index (χ1) is 11.3. The highest BCUT2D eigenvalue weighted by molar-refractivity contribution is 5.98. The molecule has 2 aromatic carbocycles. The summed E-state index contributed by atoms with van der Waals surface area (Å²) in [7, 11) is 0. The minimum Gasteiger partial charge on any atom is -0.298 e. The zero-order chi connectivity index (χ0) is 18.0. The van der Waals surface area contributed by atoms with Crippen molar-refractivity contribution in [2.45, 2.75) is 52.4 Å². The van der Waals surface area contributed by atoms with Crippen molar-refractivity contribution in [3.05, 3.63) is 71.8 Å². The number of Topliss-reactive ketones (excluding diaryl/α,β-unsaturated/α-hetero) is 1. The molecule has 1 heteroatoms. The Kier molecular flexibility index (Phi) is 5.32. The molecular weight excluding hydrogens is 292 g/mol. The van der Waals surface area contributed by atoms with E-state index in [2.05, 4.69) is 65.8 Å². The number of carbonyl (C=O) groups is 1. The summed E-state index contributed by atoms with van der Waals surface area (Å²) in [6.45, 7) is 12.8. The molecular formula is C23H30O. The van der Waals surface area contributed by atoms with Gasteiger partial charge in [0.25, 0.3) is 0 Å². The van der Waals surface area contributed by atoms with Crippen LogP contribution < -0.4 is 0 Å². The molecule has 0 saturated heterocycles. The average molecular weight is 322 g/mol. The predicted molar refractivity (Wildman–Crippen MR) is 102 cm³/mol. The quantitative estimate of drug-likeness (QED) is 0.658. The second-order valence-electron chi connectivity index (χ2n) is 7.78. The highest BCUT2D eigenvalue weighted by Crippen LogP contribution is 2.44. The van der Waals surface area contributed by atoms with Crippen LogP contribution in [0.1, 0.15) is 52.7 Å². The number of ketones is 1. The van der Waals surface area contributed by atoms with Crippen molar-refractivity contribution in [2.24, 2.45) is 11.8 Å². The molecule has 0 bridgehead atoms. The van der Waals surface area contributed by atoms with Gasteiger partial charge in [-0.1, -0.05) is 88.4 Å². The van der Waals surface area contributed by atoms with Crippen molar-refractivity contribution >= 4 is 5.78 Å². The van der Waals surface area contributed by atoms with E-state index in [1.807, 2.05) is 36.4 Å². The maximum absolute atomic E-state index is 14.0. The Morgan fingerprint density at radius 1 is 0.667 bits per heavy atom. The Morgan fingerprint density at radius 3 is 1.21 bits per heavy atom. The summed E-state index contributed by atoms with van der Waals surface area (Å²) in [6, 6.07) is 20.5. The SMILES string of the molecule is CC(C)C(C)(C(=O)C(C)(c1ccccc1)C(C)C)c1ccccc1. The van der Waals surface area contributed by atoms with Gasteiger partial charge in [0, 0.05) is 0 Å². The lowest BCUT2D eigenvalue weighted by molar-refractivity contribution is -0.132. The van der Waals surface area contributed by atoms with Crippen LogP contribution in [0.5, 0.6) is 0 Å². The second kappa shape index (κ2) is 6.93. The largest absolute Gasteiger partial charge is 0.298 e. The third-order valence-corrected chi connectivity index (χ3v) is 6.00. The van der Waals surface area contributed by atoms with Gasteiger partial charge in [-0.25, -0.2) is 0 Å². The van der Waals surface area contributed by atoms with Gasteiger partial charge in [-0.05, 0) is 36.8 Å². The Labute approximate surface area is 147 Å². The number of hydrogen-bond donors (Lipinski definition) is 0. The molecule has 0 spiro atoms. The van der Waals surface area contributed by atoms with E-state index in [1.54, 1.807) is 0 Å². The second-order valence-corrected chi connectivity index (χ2v) is 7.78. The lowest BCUT2D eigenvalue weighted by atomic mass is 9.58. The molecule has 1 nitrogen and oxygen atoms in total. The summed E-state index contributed by atoms with van der Waals surface area (Å²) < 4.78 is 0. The average Bonchev–Trinajstić information content (AvgIpc) is 2.60. The van der Waals surface area contributed by atoms with Crippen LogP contribution in [0, 0.1) is 11.8 Å². The molecule has 0 fully saturated rings. The Balaban J connectivity index is 2.64. The molecule has 2 rings (SSSR count). The molecule has 0 saturated carbocycles. The standard InChI is InChI=1S/C23H30O/c1-17(2)22(5,19-13-9-7-10-14-19)21(24)23(6,18(3)4)20-15-11-8-12-16-20/h7-18H,1-6H3. The number of rotatable bonds is 6. The first-order valence-electron chi connectivity index (χ1n) is 8.91. The fraction of sp³-hybridized carbons (Fsp3) is 0.435. The van der Waals surface area contributed by atoms with E-state index >= 15 is 0 Å². The van der Waals surface area contributed by atoms with Crippen molar-refractivity contribution in [1.29, 1.82) is 0 Å². The molecule has 0 aliphatic heterocycles. The number of hydrogen-bond acceptors (Lipinski definition) is 1. The van der Waals surface area contributed by atoms with Gasteiger partial charge in [-0.15, -0.1) is 0 Å². The molecule has 0 aliphatic rings. The number of carbonyl (C=O) groups excluding carboxylic acids is 1. The van der Waals surface area contributed by atoms with Crippen molar-refractivity contribution in [2.75, 3.05) is 0 Å². The summed E-state index contributed by atoms with van der Waals surface area (Å²) >= 11 is 0. The monoisotopic (exact) mass is 322 g/mol. The summed E-state index contributed by atoms with van der Waals surface area (Å²) in [4.78, 5) is 14.0. The van der Waals surface area contributed by atoms with Gasteiger partial charge in [0.05, 0.1) is 10.8 Å². The summed E-state index contributed by atoms with van der Waals surface area (Å²) in [6.07, 6.45) is 0. The minimum atomic E-state index is -0.518. The van der Waals surface area contributed by atoms with E-state index < -0.39 is 10.8 Å². The van der Waals surface area contributed by atoms with Crippen LogP contribution in [0.15, 0.2) is 60.7 Å². The van der Waals surface area contributed by atoms with Crippen LogP contribution in [0.2, 0.25) is 0 Å². The topological polar surface area (TPSA) is 17.1 Å². The maximum Gasteiger partial charge on any atom is 0.153 e. The van der Waals surface area contributed by atoms with Gasteiger partial charge in [0.15, 0.2) is 5.78 Å². The Bertz CT molecular complexity index is 612. The van der Waals surface area contributed by atoms with Crippen LogP contribution >= 0.6 is 0 Å². The molecule has 0 N–H and O–H groups in total. The fourth-order valence-electron chi connectivity index (χ4n) is 3.56. The smallest absolute Gasteiger partial charge is 0.153 e.